The van der Waals surface area contributed by atoms with E-state index in [1.54, 1.807) is 38.2 Å². The van der Waals surface area contributed by atoms with Crippen LogP contribution in [0.3, 0.4) is 0 Å². The maximum atomic E-state index is 12.4. The van der Waals surface area contributed by atoms with Crippen LogP contribution >= 0.6 is 11.3 Å². The average molecular weight is 357 g/mol. The van der Waals surface area contributed by atoms with Gasteiger partial charge < -0.3 is 10.2 Å². The Morgan fingerprint density at radius 2 is 2.16 bits per heavy atom. The number of rotatable bonds is 4. The van der Waals surface area contributed by atoms with Crippen LogP contribution in [0.4, 0.5) is 5.13 Å². The van der Waals surface area contributed by atoms with Crippen molar-refractivity contribution in [2.75, 3.05) is 18.4 Å². The number of aromatic nitrogens is 5. The van der Waals surface area contributed by atoms with Gasteiger partial charge in [-0.25, -0.2) is 9.97 Å². The summed E-state index contributed by atoms with van der Waals surface area (Å²) in [4.78, 5) is 34.3. The highest BCUT2D eigenvalue weighted by Crippen LogP contribution is 2.21. The lowest BCUT2D eigenvalue weighted by Crippen LogP contribution is -2.54. The van der Waals surface area contributed by atoms with Crippen LogP contribution in [0.2, 0.25) is 0 Å². The fourth-order valence-electron chi connectivity index (χ4n) is 2.56. The lowest BCUT2D eigenvalue weighted by molar-refractivity contribution is -0.123. The number of carbonyl (C=O) groups is 2. The highest BCUT2D eigenvalue weighted by Gasteiger charge is 2.37. The van der Waals surface area contributed by atoms with Gasteiger partial charge in [0.1, 0.15) is 12.0 Å². The number of carbonyl (C=O) groups excluding carboxylic acids is 2. The molecule has 0 radical (unpaired) electrons. The number of thiazole rings is 1. The van der Waals surface area contributed by atoms with Crippen molar-refractivity contribution in [1.29, 1.82) is 0 Å². The van der Waals surface area contributed by atoms with E-state index >= 15 is 0 Å². The van der Waals surface area contributed by atoms with Gasteiger partial charge in [-0.3, -0.25) is 18.8 Å². The van der Waals surface area contributed by atoms with E-state index in [0.717, 1.165) is 0 Å². The first-order chi connectivity index (χ1) is 12.1. The first-order valence-electron chi connectivity index (χ1n) is 7.64. The van der Waals surface area contributed by atoms with Crippen molar-refractivity contribution in [2.45, 2.75) is 0 Å². The van der Waals surface area contributed by atoms with Crippen molar-refractivity contribution in [3.63, 3.8) is 0 Å². The zero-order chi connectivity index (χ0) is 17.4. The summed E-state index contributed by atoms with van der Waals surface area (Å²) in [7, 11) is 1.82. The van der Waals surface area contributed by atoms with E-state index in [2.05, 4.69) is 20.4 Å². The minimum Gasteiger partial charge on any atom is -0.336 e. The highest BCUT2D eigenvalue weighted by atomic mass is 32.1. The number of hydrogen-bond donors (Lipinski definition) is 1. The quantitative estimate of drug-likeness (QED) is 0.744. The Labute approximate surface area is 146 Å². The molecule has 0 aromatic carbocycles. The van der Waals surface area contributed by atoms with Crippen molar-refractivity contribution >= 4 is 28.3 Å². The second-order valence-electron chi connectivity index (χ2n) is 5.75. The molecule has 0 spiro atoms. The van der Waals surface area contributed by atoms with Gasteiger partial charge in [0.05, 0.1) is 5.92 Å². The van der Waals surface area contributed by atoms with Crippen LogP contribution in [-0.2, 0) is 11.8 Å². The van der Waals surface area contributed by atoms with Gasteiger partial charge in [0.2, 0.25) is 5.91 Å². The fraction of sp³-hybridized carbons (Fsp3) is 0.267. The van der Waals surface area contributed by atoms with Crippen LogP contribution in [0.1, 0.15) is 10.5 Å². The summed E-state index contributed by atoms with van der Waals surface area (Å²) in [6.45, 7) is 0.763. The maximum absolute atomic E-state index is 12.4. The molecule has 0 saturated carbocycles. The van der Waals surface area contributed by atoms with Crippen molar-refractivity contribution < 1.29 is 9.59 Å². The zero-order valence-electron chi connectivity index (χ0n) is 13.4. The summed E-state index contributed by atoms with van der Waals surface area (Å²) in [5.74, 6) is 0.176. The lowest BCUT2D eigenvalue weighted by atomic mass is 9.99. The largest absolute Gasteiger partial charge is 0.336 e. The minimum atomic E-state index is -0.217. The molecule has 3 aromatic heterocycles. The van der Waals surface area contributed by atoms with E-state index in [1.165, 1.54) is 11.3 Å². The fourth-order valence-corrected chi connectivity index (χ4v) is 3.10. The molecule has 4 heterocycles. The van der Waals surface area contributed by atoms with Gasteiger partial charge >= 0.3 is 0 Å². The SMILES string of the molecule is Cn1ccc(-n2cnc(C(=O)N3CC(C(=O)Nc4nccs4)C3)c2)n1. The molecule has 0 aliphatic carbocycles. The third kappa shape index (κ3) is 3.03. The second kappa shape index (κ2) is 6.13. The predicted molar refractivity (Wildman–Crippen MR) is 90.5 cm³/mol. The Hall–Kier alpha value is -3.01. The maximum Gasteiger partial charge on any atom is 0.274 e. The number of nitrogens with one attached hydrogen (secondary N) is 1. The Kier molecular flexibility index (Phi) is 3.80. The number of likely N-dealkylation sites (tertiary alicyclic amines) is 1. The molecular weight excluding hydrogens is 342 g/mol. The van der Waals surface area contributed by atoms with Crippen molar-refractivity contribution in [3.8, 4) is 5.82 Å². The monoisotopic (exact) mass is 357 g/mol. The van der Waals surface area contributed by atoms with Crippen molar-refractivity contribution in [2.24, 2.45) is 13.0 Å². The first-order valence-corrected chi connectivity index (χ1v) is 8.52. The number of aryl methyl sites for hydroxylation is 1. The van der Waals surface area contributed by atoms with Gasteiger partial charge in [0, 0.05) is 50.2 Å². The molecule has 3 aromatic rings. The number of imidazole rings is 1. The third-order valence-corrected chi connectivity index (χ3v) is 4.66. The molecule has 1 fully saturated rings. The van der Waals surface area contributed by atoms with E-state index in [1.807, 2.05) is 19.3 Å². The molecule has 0 unspecified atom stereocenters. The van der Waals surface area contributed by atoms with E-state index in [0.29, 0.717) is 29.7 Å². The van der Waals surface area contributed by atoms with Gasteiger partial charge in [-0.15, -0.1) is 11.3 Å². The van der Waals surface area contributed by atoms with Crippen molar-refractivity contribution in [3.05, 3.63) is 42.1 Å². The molecule has 128 valence electrons. The van der Waals surface area contributed by atoms with Crippen molar-refractivity contribution in [1.82, 2.24) is 29.2 Å². The van der Waals surface area contributed by atoms with Gasteiger partial charge in [-0.05, 0) is 0 Å². The van der Waals surface area contributed by atoms with Crippen LogP contribution in [0.25, 0.3) is 5.82 Å². The lowest BCUT2D eigenvalue weighted by Gasteiger charge is -2.37. The van der Waals surface area contributed by atoms with Crippen LogP contribution < -0.4 is 5.32 Å². The van der Waals surface area contributed by atoms with Gasteiger partial charge in [-0.1, -0.05) is 0 Å². The van der Waals surface area contributed by atoms with E-state index in [-0.39, 0.29) is 17.7 Å². The van der Waals surface area contributed by atoms with E-state index < -0.39 is 0 Å². The normalized spacial score (nSPS) is 14.4. The van der Waals surface area contributed by atoms with E-state index in [4.69, 9.17) is 0 Å². The summed E-state index contributed by atoms with van der Waals surface area (Å²) in [5.41, 5.74) is 0.337. The minimum absolute atomic E-state index is 0.113. The molecule has 1 aliphatic heterocycles. The van der Waals surface area contributed by atoms with Crippen LogP contribution in [-0.4, -0.2) is 54.1 Å². The molecule has 0 atom stereocenters. The summed E-state index contributed by atoms with van der Waals surface area (Å²) in [6, 6.07) is 1.83. The molecule has 4 rings (SSSR count). The van der Waals surface area contributed by atoms with Gasteiger partial charge in [0.25, 0.3) is 5.91 Å². The summed E-state index contributed by atoms with van der Waals surface area (Å²) >= 11 is 1.37. The summed E-state index contributed by atoms with van der Waals surface area (Å²) in [6.07, 6.45) is 6.66. The topological polar surface area (TPSA) is 97.9 Å². The van der Waals surface area contributed by atoms with Crippen LogP contribution in [0.5, 0.6) is 0 Å². The van der Waals surface area contributed by atoms with Crippen LogP contribution in [0, 0.1) is 5.92 Å². The second-order valence-corrected chi connectivity index (χ2v) is 6.64. The molecule has 25 heavy (non-hydrogen) atoms. The van der Waals surface area contributed by atoms with Gasteiger partial charge in [-0.2, -0.15) is 5.10 Å². The number of anilines is 1. The molecule has 10 heteroatoms. The summed E-state index contributed by atoms with van der Waals surface area (Å²) < 4.78 is 3.37. The summed E-state index contributed by atoms with van der Waals surface area (Å²) in [5, 5.41) is 9.38. The molecule has 1 saturated heterocycles. The Balaban J connectivity index is 1.35. The highest BCUT2D eigenvalue weighted by molar-refractivity contribution is 7.13. The number of amides is 2. The van der Waals surface area contributed by atoms with Crippen LogP contribution in [0.15, 0.2) is 36.4 Å². The molecule has 9 nitrogen and oxygen atoms in total. The Morgan fingerprint density at radius 1 is 1.32 bits per heavy atom. The molecule has 2 amide bonds. The molecule has 0 bridgehead atoms. The third-order valence-electron chi connectivity index (χ3n) is 3.97. The molecule has 1 aliphatic rings. The molecule has 1 N–H and O–H groups in total. The number of nitrogens with zero attached hydrogens (tertiary/aromatic N) is 6. The number of hydrogen-bond acceptors (Lipinski definition) is 6. The zero-order valence-corrected chi connectivity index (χ0v) is 14.2. The smallest absolute Gasteiger partial charge is 0.274 e. The Bertz CT molecular complexity index is 908. The van der Waals surface area contributed by atoms with E-state index in [9.17, 15) is 9.59 Å². The average Bonchev–Trinajstić information content (AvgIpc) is 3.25. The molecular formula is C15H15N7O2S. The van der Waals surface area contributed by atoms with Gasteiger partial charge in [0.15, 0.2) is 10.9 Å². The standard InChI is InChI=1S/C15H15N7O2S/c1-20-4-2-12(19-20)22-8-11(17-9-22)14(24)21-6-10(7-21)13(23)18-15-16-3-5-25-15/h2-5,8-10H,6-7H2,1H3,(H,16,18,23). The predicted octanol–water partition coefficient (Wildman–Crippen LogP) is 0.773. The Morgan fingerprint density at radius 3 is 2.84 bits per heavy atom. The first kappa shape index (κ1) is 15.5.